The topological polar surface area (TPSA) is 29.5 Å². The number of aliphatic hydroxyl groups is 1. The number of ether oxygens (including phenoxy) is 1. The van der Waals surface area contributed by atoms with E-state index in [-0.39, 0.29) is 5.56 Å². The monoisotopic (exact) mass is 234 g/mol. The third-order valence-corrected chi connectivity index (χ3v) is 2.40. The van der Waals surface area contributed by atoms with Crippen LogP contribution in [0.25, 0.3) is 0 Å². The van der Waals surface area contributed by atoms with E-state index in [4.69, 9.17) is 4.74 Å². The predicted molar refractivity (Wildman–Crippen MR) is 53.4 cm³/mol. The number of hydrogen-bond donors (Lipinski definition) is 1. The minimum Gasteiger partial charge on any atom is -0.497 e. The predicted octanol–water partition coefficient (Wildman–Crippen LogP) is 2.77. The minimum absolute atomic E-state index is 0.225. The van der Waals surface area contributed by atoms with Gasteiger partial charge in [-0.2, -0.15) is 13.2 Å². The third-order valence-electron chi connectivity index (χ3n) is 2.40. The Hall–Kier alpha value is -1.23. The number of alkyl halides is 3. The van der Waals surface area contributed by atoms with Crippen LogP contribution in [-0.4, -0.2) is 18.4 Å². The zero-order valence-electron chi connectivity index (χ0n) is 9.22. The molecule has 0 aromatic heterocycles. The number of rotatable bonds is 2. The first-order chi connectivity index (χ1) is 7.18. The Morgan fingerprint density at radius 3 is 2.19 bits per heavy atom. The quantitative estimate of drug-likeness (QED) is 0.852. The molecule has 16 heavy (non-hydrogen) atoms. The Bertz CT molecular complexity index is 383. The van der Waals surface area contributed by atoms with Gasteiger partial charge in [-0.05, 0) is 37.1 Å². The van der Waals surface area contributed by atoms with Crippen LogP contribution in [0.1, 0.15) is 18.1 Å². The fourth-order valence-electron chi connectivity index (χ4n) is 1.31. The maximum atomic E-state index is 12.6. The van der Waals surface area contributed by atoms with E-state index in [0.717, 1.165) is 6.92 Å². The molecule has 1 aromatic carbocycles. The third kappa shape index (κ3) is 2.29. The highest BCUT2D eigenvalue weighted by molar-refractivity contribution is 5.37. The van der Waals surface area contributed by atoms with Crippen molar-refractivity contribution in [2.45, 2.75) is 25.6 Å². The molecule has 1 unspecified atom stereocenters. The van der Waals surface area contributed by atoms with Crippen molar-refractivity contribution in [2.24, 2.45) is 0 Å². The number of aryl methyl sites for hydroxylation is 1. The van der Waals surface area contributed by atoms with Crippen molar-refractivity contribution in [3.8, 4) is 5.75 Å². The standard InChI is InChI=1S/C11H13F3O2/c1-7-4-8(6-9(5-7)16-3)10(2,15)11(12,13)14/h4-6,15H,1-3H3. The van der Waals surface area contributed by atoms with Crippen LogP contribution in [0.4, 0.5) is 13.2 Å². The molecule has 0 aliphatic carbocycles. The molecule has 0 fully saturated rings. The number of benzene rings is 1. The van der Waals surface area contributed by atoms with E-state index in [2.05, 4.69) is 0 Å². The molecule has 1 rings (SSSR count). The molecule has 1 N–H and O–H groups in total. The summed E-state index contributed by atoms with van der Waals surface area (Å²) in [5.74, 6) is 0.291. The Morgan fingerprint density at radius 2 is 1.75 bits per heavy atom. The summed E-state index contributed by atoms with van der Waals surface area (Å²) < 4.78 is 42.7. The highest BCUT2D eigenvalue weighted by Gasteiger charge is 2.51. The van der Waals surface area contributed by atoms with E-state index >= 15 is 0 Å². The van der Waals surface area contributed by atoms with Crippen molar-refractivity contribution in [1.82, 2.24) is 0 Å². The molecule has 2 nitrogen and oxygen atoms in total. The number of methoxy groups -OCH3 is 1. The van der Waals surface area contributed by atoms with Crippen molar-refractivity contribution in [3.05, 3.63) is 29.3 Å². The summed E-state index contributed by atoms with van der Waals surface area (Å²) in [5, 5.41) is 9.49. The number of hydrogen-bond acceptors (Lipinski definition) is 2. The van der Waals surface area contributed by atoms with Crippen LogP contribution in [0.3, 0.4) is 0 Å². The van der Waals surface area contributed by atoms with Crippen molar-refractivity contribution >= 4 is 0 Å². The van der Waals surface area contributed by atoms with Gasteiger partial charge in [0.25, 0.3) is 0 Å². The average molecular weight is 234 g/mol. The van der Waals surface area contributed by atoms with Gasteiger partial charge in [-0.1, -0.05) is 6.07 Å². The second-order valence-corrected chi connectivity index (χ2v) is 3.81. The first-order valence-electron chi connectivity index (χ1n) is 4.63. The molecule has 0 amide bonds. The Morgan fingerprint density at radius 1 is 1.19 bits per heavy atom. The highest BCUT2D eigenvalue weighted by Crippen LogP contribution is 2.39. The lowest BCUT2D eigenvalue weighted by atomic mass is 9.94. The second-order valence-electron chi connectivity index (χ2n) is 3.81. The number of halogens is 3. The molecule has 90 valence electrons. The largest absolute Gasteiger partial charge is 0.497 e. The highest BCUT2D eigenvalue weighted by atomic mass is 19.4. The first-order valence-corrected chi connectivity index (χ1v) is 4.63. The van der Waals surface area contributed by atoms with E-state index < -0.39 is 11.8 Å². The first kappa shape index (κ1) is 12.8. The Labute approximate surface area is 91.7 Å². The van der Waals surface area contributed by atoms with E-state index in [1.54, 1.807) is 13.0 Å². The van der Waals surface area contributed by atoms with Crippen molar-refractivity contribution in [1.29, 1.82) is 0 Å². The van der Waals surface area contributed by atoms with Crippen LogP contribution in [0.15, 0.2) is 18.2 Å². The molecule has 0 aliphatic rings. The van der Waals surface area contributed by atoms with Gasteiger partial charge in [-0.25, -0.2) is 0 Å². The molecule has 0 spiro atoms. The maximum Gasteiger partial charge on any atom is 0.421 e. The summed E-state index contributed by atoms with van der Waals surface area (Å²) in [6.07, 6.45) is -4.72. The van der Waals surface area contributed by atoms with Gasteiger partial charge in [0.1, 0.15) is 5.75 Å². The van der Waals surface area contributed by atoms with Crippen molar-refractivity contribution in [3.63, 3.8) is 0 Å². The van der Waals surface area contributed by atoms with Crippen LogP contribution in [0, 0.1) is 6.92 Å². The van der Waals surface area contributed by atoms with Gasteiger partial charge in [0.15, 0.2) is 5.60 Å². The van der Waals surface area contributed by atoms with Crippen LogP contribution < -0.4 is 4.74 Å². The molecule has 0 aliphatic heterocycles. The summed E-state index contributed by atoms with van der Waals surface area (Å²) in [4.78, 5) is 0. The van der Waals surface area contributed by atoms with E-state index in [0.29, 0.717) is 11.3 Å². The van der Waals surface area contributed by atoms with E-state index in [1.807, 2.05) is 0 Å². The zero-order chi connectivity index (χ0) is 12.6. The second kappa shape index (κ2) is 3.97. The van der Waals surface area contributed by atoms with Crippen LogP contribution >= 0.6 is 0 Å². The van der Waals surface area contributed by atoms with Crippen LogP contribution in [-0.2, 0) is 5.60 Å². The lowest BCUT2D eigenvalue weighted by Crippen LogP contribution is -2.39. The maximum absolute atomic E-state index is 12.6. The zero-order valence-corrected chi connectivity index (χ0v) is 9.22. The Balaban J connectivity index is 3.27. The molecule has 5 heteroatoms. The van der Waals surface area contributed by atoms with E-state index in [1.165, 1.54) is 19.2 Å². The normalized spacial score (nSPS) is 15.7. The van der Waals surface area contributed by atoms with Crippen molar-refractivity contribution < 1.29 is 23.0 Å². The Kier molecular flexibility index (Phi) is 3.19. The summed E-state index contributed by atoms with van der Waals surface area (Å²) in [6.45, 7) is 2.36. The van der Waals surface area contributed by atoms with Gasteiger partial charge in [0, 0.05) is 0 Å². The molecule has 0 saturated heterocycles. The van der Waals surface area contributed by atoms with Crippen molar-refractivity contribution in [2.75, 3.05) is 7.11 Å². The van der Waals surface area contributed by atoms with Gasteiger partial charge in [-0.15, -0.1) is 0 Å². The SMILES string of the molecule is COc1cc(C)cc(C(C)(O)C(F)(F)F)c1. The molecule has 0 bridgehead atoms. The van der Waals surface area contributed by atoms with Gasteiger partial charge in [0.05, 0.1) is 7.11 Å². The fraction of sp³-hybridized carbons (Fsp3) is 0.455. The average Bonchev–Trinajstić information content (AvgIpc) is 2.15. The minimum atomic E-state index is -4.72. The molecule has 0 radical (unpaired) electrons. The summed E-state index contributed by atoms with van der Waals surface area (Å²) >= 11 is 0. The van der Waals surface area contributed by atoms with Gasteiger partial charge >= 0.3 is 6.18 Å². The molecule has 1 atom stereocenters. The molecule has 1 aromatic rings. The molecular formula is C11H13F3O2. The van der Waals surface area contributed by atoms with Crippen LogP contribution in [0.5, 0.6) is 5.75 Å². The lowest BCUT2D eigenvalue weighted by Gasteiger charge is -2.27. The molecule has 0 heterocycles. The van der Waals surface area contributed by atoms with E-state index in [9.17, 15) is 18.3 Å². The fourth-order valence-corrected chi connectivity index (χ4v) is 1.31. The molecule has 0 saturated carbocycles. The summed E-state index contributed by atoms with van der Waals surface area (Å²) in [7, 11) is 1.36. The van der Waals surface area contributed by atoms with Gasteiger partial charge in [0.2, 0.25) is 0 Å². The smallest absolute Gasteiger partial charge is 0.421 e. The summed E-state index contributed by atoms with van der Waals surface area (Å²) in [6, 6.07) is 4.06. The van der Waals surface area contributed by atoms with Gasteiger partial charge in [-0.3, -0.25) is 0 Å². The summed E-state index contributed by atoms with van der Waals surface area (Å²) in [5.41, 5.74) is -2.50. The van der Waals surface area contributed by atoms with Gasteiger partial charge < -0.3 is 9.84 Å². The molecular weight excluding hydrogens is 221 g/mol. The lowest BCUT2D eigenvalue weighted by molar-refractivity contribution is -0.258. The van der Waals surface area contributed by atoms with Crippen LogP contribution in [0.2, 0.25) is 0 Å².